The molecule has 1 atom stereocenters. The number of Topliss-reactive ketones (excluding diaryl/α,β-unsaturated/α-hetero) is 1. The van der Waals surface area contributed by atoms with Gasteiger partial charge in [0.25, 0.3) is 0 Å². The third-order valence-electron chi connectivity index (χ3n) is 3.78. The zero-order chi connectivity index (χ0) is 17.0. The van der Waals surface area contributed by atoms with Crippen molar-refractivity contribution in [2.75, 3.05) is 27.2 Å². The minimum atomic E-state index is -0.414. The Morgan fingerprint density at radius 3 is 2.83 bits per heavy atom. The second-order valence-corrected chi connectivity index (χ2v) is 6.33. The summed E-state index contributed by atoms with van der Waals surface area (Å²) in [6.45, 7) is 1.30. The maximum absolute atomic E-state index is 13.9. The number of hydrogen-bond acceptors (Lipinski definition) is 4. The van der Waals surface area contributed by atoms with E-state index in [0.29, 0.717) is 17.1 Å². The first-order chi connectivity index (χ1) is 10.9. The smallest absolute Gasteiger partial charge is 0.168 e. The number of carbonyl (C=O) groups is 1. The third-order valence-corrected chi connectivity index (χ3v) is 4.01. The zero-order valence-corrected chi connectivity index (χ0v) is 14.0. The number of aliphatic imine (C=N–C) groups is 1. The molecule has 1 aliphatic carbocycles. The minimum Gasteiger partial charge on any atom is -0.511 e. The minimum absolute atomic E-state index is 0.0424. The molecule has 0 heterocycles. The lowest BCUT2D eigenvalue weighted by molar-refractivity contribution is -0.116. The number of aliphatic hydroxyl groups is 1. The van der Waals surface area contributed by atoms with Crippen LogP contribution in [0.15, 0.2) is 34.5 Å². The van der Waals surface area contributed by atoms with Gasteiger partial charge in [-0.25, -0.2) is 4.39 Å². The van der Waals surface area contributed by atoms with Crippen LogP contribution in [0.5, 0.6) is 0 Å². The van der Waals surface area contributed by atoms with Crippen LogP contribution in [0.3, 0.4) is 0 Å². The van der Waals surface area contributed by atoms with Gasteiger partial charge in [-0.05, 0) is 37.9 Å². The molecule has 0 radical (unpaired) electrons. The van der Waals surface area contributed by atoms with E-state index in [-0.39, 0.29) is 30.0 Å². The van der Waals surface area contributed by atoms with E-state index < -0.39 is 11.7 Å². The normalized spacial score (nSPS) is 19.2. The highest BCUT2D eigenvalue weighted by molar-refractivity contribution is 6.30. The number of benzene rings is 1. The predicted molar refractivity (Wildman–Crippen MR) is 90.0 cm³/mol. The Labute approximate surface area is 140 Å². The molecule has 0 spiro atoms. The van der Waals surface area contributed by atoms with Crippen LogP contribution < -0.4 is 0 Å². The summed E-state index contributed by atoms with van der Waals surface area (Å²) in [5.41, 5.74) is 0.587. The second-order valence-electron chi connectivity index (χ2n) is 5.89. The van der Waals surface area contributed by atoms with E-state index in [1.54, 1.807) is 0 Å². The summed E-state index contributed by atoms with van der Waals surface area (Å²) in [4.78, 5) is 18.4. The van der Waals surface area contributed by atoms with Gasteiger partial charge >= 0.3 is 0 Å². The van der Waals surface area contributed by atoms with E-state index in [1.165, 1.54) is 24.4 Å². The maximum Gasteiger partial charge on any atom is 0.168 e. The molecule has 1 unspecified atom stereocenters. The number of ketones is 1. The fourth-order valence-corrected chi connectivity index (χ4v) is 2.70. The summed E-state index contributed by atoms with van der Waals surface area (Å²) in [6, 6.07) is 4.25. The van der Waals surface area contributed by atoms with Gasteiger partial charge in [-0.15, -0.1) is 0 Å². The van der Waals surface area contributed by atoms with Crippen molar-refractivity contribution in [3.8, 4) is 0 Å². The van der Waals surface area contributed by atoms with Crippen LogP contribution in [0.25, 0.3) is 0 Å². The van der Waals surface area contributed by atoms with Crippen LogP contribution in [0, 0.1) is 5.82 Å². The Kier molecular flexibility index (Phi) is 5.91. The molecular weight excluding hydrogens is 319 g/mol. The van der Waals surface area contributed by atoms with Gasteiger partial charge in [-0.1, -0.05) is 11.6 Å². The van der Waals surface area contributed by atoms with Crippen LogP contribution in [-0.4, -0.2) is 49.2 Å². The van der Waals surface area contributed by atoms with Crippen molar-refractivity contribution < 1.29 is 14.3 Å². The molecule has 0 aromatic heterocycles. The van der Waals surface area contributed by atoms with Gasteiger partial charge in [0.05, 0.1) is 12.1 Å². The van der Waals surface area contributed by atoms with Crippen LogP contribution >= 0.6 is 11.6 Å². The van der Waals surface area contributed by atoms with E-state index in [1.807, 2.05) is 19.0 Å². The Hall–Kier alpha value is -1.72. The van der Waals surface area contributed by atoms with Crippen LogP contribution in [0.4, 0.5) is 4.39 Å². The quantitative estimate of drug-likeness (QED) is 0.837. The molecule has 1 aromatic rings. The molecule has 0 aliphatic heterocycles. The van der Waals surface area contributed by atoms with Gasteiger partial charge in [0, 0.05) is 36.5 Å². The first-order valence-electron chi connectivity index (χ1n) is 7.43. The molecule has 1 aromatic carbocycles. The van der Waals surface area contributed by atoms with Gasteiger partial charge < -0.3 is 10.0 Å². The summed E-state index contributed by atoms with van der Waals surface area (Å²) >= 11 is 5.90. The molecule has 0 bridgehead atoms. The Balaban J connectivity index is 2.14. The van der Waals surface area contributed by atoms with Gasteiger partial charge in [0.2, 0.25) is 0 Å². The van der Waals surface area contributed by atoms with E-state index in [0.717, 1.165) is 6.54 Å². The summed E-state index contributed by atoms with van der Waals surface area (Å²) < 4.78 is 13.9. The van der Waals surface area contributed by atoms with Crippen molar-refractivity contribution >= 4 is 23.6 Å². The molecule has 0 amide bonds. The largest absolute Gasteiger partial charge is 0.511 e. The number of nitrogens with zero attached hydrogens (tertiary/aromatic N) is 2. The Morgan fingerprint density at radius 2 is 2.17 bits per heavy atom. The molecule has 4 nitrogen and oxygen atoms in total. The number of likely N-dealkylation sites (N-methyl/N-ethyl adjacent to an activating group) is 1. The molecule has 23 heavy (non-hydrogen) atoms. The molecule has 1 aliphatic rings. The topological polar surface area (TPSA) is 52.9 Å². The maximum atomic E-state index is 13.9. The van der Waals surface area contributed by atoms with Crippen molar-refractivity contribution in [3.63, 3.8) is 0 Å². The van der Waals surface area contributed by atoms with E-state index in [2.05, 4.69) is 4.99 Å². The van der Waals surface area contributed by atoms with Gasteiger partial charge in [0.15, 0.2) is 5.78 Å². The molecule has 6 heteroatoms. The molecule has 124 valence electrons. The molecule has 1 N–H and O–H groups in total. The lowest BCUT2D eigenvalue weighted by Crippen LogP contribution is -2.20. The summed E-state index contributed by atoms with van der Waals surface area (Å²) in [7, 11) is 3.87. The molecule has 0 fully saturated rings. The highest BCUT2D eigenvalue weighted by Crippen LogP contribution is 2.35. The monoisotopic (exact) mass is 338 g/mol. The number of aliphatic hydroxyl groups excluding tert-OH is 1. The Bertz CT molecular complexity index is 656. The number of carbonyl (C=O) groups excluding carboxylic acids is 1. The second kappa shape index (κ2) is 7.70. The summed E-state index contributed by atoms with van der Waals surface area (Å²) in [5.74, 6) is -1.09. The van der Waals surface area contributed by atoms with E-state index >= 15 is 0 Å². The van der Waals surface area contributed by atoms with Crippen molar-refractivity contribution in [3.05, 3.63) is 45.9 Å². The standard InChI is InChI=1S/C17H20ClFN2O2/c1-21(2)6-5-20-10-14-16(22)7-11(8-17(14)23)13-9-12(18)3-4-15(13)19/h3-4,9-11,22H,5-8H2,1-2H3. The number of rotatable bonds is 5. The molecule has 0 saturated carbocycles. The van der Waals surface area contributed by atoms with Crippen molar-refractivity contribution in [2.24, 2.45) is 4.99 Å². The predicted octanol–water partition coefficient (Wildman–Crippen LogP) is 3.37. The first kappa shape index (κ1) is 17.6. The van der Waals surface area contributed by atoms with Gasteiger partial charge in [-0.3, -0.25) is 9.79 Å². The highest BCUT2D eigenvalue weighted by atomic mass is 35.5. The Morgan fingerprint density at radius 1 is 1.43 bits per heavy atom. The van der Waals surface area contributed by atoms with Gasteiger partial charge in [0.1, 0.15) is 11.6 Å². The summed E-state index contributed by atoms with van der Waals surface area (Å²) in [5, 5.41) is 10.6. The highest BCUT2D eigenvalue weighted by Gasteiger charge is 2.29. The molecule has 2 rings (SSSR count). The number of hydrogen-bond donors (Lipinski definition) is 1. The zero-order valence-electron chi connectivity index (χ0n) is 13.2. The van der Waals surface area contributed by atoms with Crippen LogP contribution in [0.1, 0.15) is 24.3 Å². The fraction of sp³-hybridized carbons (Fsp3) is 0.412. The first-order valence-corrected chi connectivity index (χ1v) is 7.81. The van der Waals surface area contributed by atoms with E-state index in [9.17, 15) is 14.3 Å². The van der Waals surface area contributed by atoms with Crippen LogP contribution in [0.2, 0.25) is 5.02 Å². The van der Waals surface area contributed by atoms with Crippen molar-refractivity contribution in [1.82, 2.24) is 4.90 Å². The van der Waals surface area contributed by atoms with Crippen LogP contribution in [-0.2, 0) is 4.79 Å². The average molecular weight is 339 g/mol. The van der Waals surface area contributed by atoms with Gasteiger partial charge in [-0.2, -0.15) is 0 Å². The third kappa shape index (κ3) is 4.62. The number of allylic oxidation sites excluding steroid dienone is 2. The molecular formula is C17H20ClFN2O2. The lowest BCUT2D eigenvalue weighted by Gasteiger charge is -2.23. The number of halogens is 2. The van der Waals surface area contributed by atoms with E-state index in [4.69, 9.17) is 11.6 Å². The molecule has 0 saturated heterocycles. The van der Waals surface area contributed by atoms with Crippen molar-refractivity contribution in [1.29, 1.82) is 0 Å². The van der Waals surface area contributed by atoms with Crippen molar-refractivity contribution in [2.45, 2.75) is 18.8 Å². The average Bonchev–Trinajstić information content (AvgIpc) is 2.47. The lowest BCUT2D eigenvalue weighted by atomic mass is 9.82. The SMILES string of the molecule is CN(C)CCN=CC1=C(O)CC(c2cc(Cl)ccc2F)CC1=O. The summed E-state index contributed by atoms with van der Waals surface area (Å²) in [6.07, 6.45) is 1.76. The fourth-order valence-electron chi connectivity index (χ4n) is 2.52.